The van der Waals surface area contributed by atoms with Crippen molar-refractivity contribution >= 4 is 11.0 Å². The second kappa shape index (κ2) is 5.44. The zero-order valence-corrected chi connectivity index (χ0v) is 12.0. The van der Waals surface area contributed by atoms with E-state index < -0.39 is 0 Å². The van der Waals surface area contributed by atoms with Gasteiger partial charge in [0.1, 0.15) is 6.33 Å². The van der Waals surface area contributed by atoms with Crippen molar-refractivity contribution in [1.82, 2.24) is 19.5 Å². The van der Waals surface area contributed by atoms with Crippen LogP contribution in [-0.4, -0.2) is 19.5 Å². The predicted octanol–water partition coefficient (Wildman–Crippen LogP) is 2.49. The average Bonchev–Trinajstić information content (AvgIpc) is 2.51. The summed E-state index contributed by atoms with van der Waals surface area (Å²) in [6, 6.07) is 9.24. The zero-order valence-electron chi connectivity index (χ0n) is 12.0. The van der Waals surface area contributed by atoms with E-state index in [0.717, 1.165) is 17.8 Å². The molecule has 0 aliphatic rings. The Morgan fingerprint density at radius 3 is 2.81 bits per heavy atom. The fraction of sp³-hybridized carbons (Fsp3) is 0.250. The van der Waals surface area contributed by atoms with Crippen molar-refractivity contribution in [3.05, 3.63) is 64.6 Å². The number of nitrogens with zero attached hydrogens (tertiary/aromatic N) is 4. The van der Waals surface area contributed by atoms with Gasteiger partial charge >= 0.3 is 0 Å². The molecule has 3 aromatic heterocycles. The molecule has 0 bridgehead atoms. The van der Waals surface area contributed by atoms with E-state index in [0.29, 0.717) is 11.0 Å². The summed E-state index contributed by atoms with van der Waals surface area (Å²) in [6.07, 6.45) is 3.97. The van der Waals surface area contributed by atoms with Gasteiger partial charge in [-0.3, -0.25) is 14.3 Å². The van der Waals surface area contributed by atoms with Crippen LogP contribution < -0.4 is 5.56 Å². The molecule has 0 aliphatic carbocycles. The molecule has 0 aliphatic heterocycles. The summed E-state index contributed by atoms with van der Waals surface area (Å²) in [7, 11) is 0. The van der Waals surface area contributed by atoms with E-state index >= 15 is 0 Å². The highest BCUT2D eigenvalue weighted by Gasteiger charge is 2.16. The molecule has 5 nitrogen and oxygen atoms in total. The number of hydrogen-bond acceptors (Lipinski definition) is 4. The summed E-state index contributed by atoms with van der Waals surface area (Å²) in [5.41, 5.74) is 2.22. The summed E-state index contributed by atoms with van der Waals surface area (Å²) in [6.45, 7) is 3.98. The van der Waals surface area contributed by atoms with Crippen LogP contribution in [0.25, 0.3) is 11.0 Å². The SMILES string of the molecule is CCC(c1cccc(C)n1)n1cnc2ncccc2c1=O. The summed E-state index contributed by atoms with van der Waals surface area (Å²) < 4.78 is 1.64. The van der Waals surface area contributed by atoms with E-state index in [4.69, 9.17) is 0 Å². The van der Waals surface area contributed by atoms with Crippen LogP contribution in [0.15, 0.2) is 47.7 Å². The highest BCUT2D eigenvalue weighted by molar-refractivity contribution is 5.72. The van der Waals surface area contributed by atoms with E-state index in [9.17, 15) is 4.79 Å². The van der Waals surface area contributed by atoms with Crippen LogP contribution in [0.3, 0.4) is 0 Å². The second-order valence-electron chi connectivity index (χ2n) is 4.96. The molecule has 1 unspecified atom stereocenters. The number of aryl methyl sites for hydroxylation is 1. The van der Waals surface area contributed by atoms with Crippen LogP contribution >= 0.6 is 0 Å². The molecule has 0 aromatic carbocycles. The summed E-state index contributed by atoms with van der Waals surface area (Å²) in [5.74, 6) is 0. The second-order valence-corrected chi connectivity index (χ2v) is 4.96. The molecule has 0 radical (unpaired) electrons. The smallest absolute Gasteiger partial charge is 0.263 e. The molecule has 0 saturated carbocycles. The summed E-state index contributed by atoms with van der Waals surface area (Å²) in [4.78, 5) is 25.6. The molecule has 0 amide bonds. The van der Waals surface area contributed by atoms with Crippen molar-refractivity contribution in [2.45, 2.75) is 26.3 Å². The number of fused-ring (bicyclic) bond motifs is 1. The Kier molecular flexibility index (Phi) is 3.48. The van der Waals surface area contributed by atoms with Crippen molar-refractivity contribution in [3.63, 3.8) is 0 Å². The molecule has 0 saturated heterocycles. The van der Waals surface area contributed by atoms with Crippen molar-refractivity contribution in [2.24, 2.45) is 0 Å². The Labute approximate surface area is 122 Å². The van der Waals surface area contributed by atoms with E-state index in [1.165, 1.54) is 0 Å². The van der Waals surface area contributed by atoms with Crippen molar-refractivity contribution in [3.8, 4) is 0 Å². The largest absolute Gasteiger partial charge is 0.289 e. The van der Waals surface area contributed by atoms with Crippen LogP contribution in [0.2, 0.25) is 0 Å². The molecule has 0 fully saturated rings. The van der Waals surface area contributed by atoms with Gasteiger partial charge in [-0.05, 0) is 37.6 Å². The van der Waals surface area contributed by atoms with Gasteiger partial charge in [-0.25, -0.2) is 9.97 Å². The van der Waals surface area contributed by atoms with Gasteiger partial charge in [0.2, 0.25) is 0 Å². The lowest BCUT2D eigenvalue weighted by Gasteiger charge is -2.18. The van der Waals surface area contributed by atoms with E-state index in [2.05, 4.69) is 15.0 Å². The van der Waals surface area contributed by atoms with Crippen LogP contribution in [0.1, 0.15) is 30.8 Å². The zero-order chi connectivity index (χ0) is 14.8. The Morgan fingerprint density at radius 2 is 2.05 bits per heavy atom. The van der Waals surface area contributed by atoms with Gasteiger partial charge in [0, 0.05) is 11.9 Å². The summed E-state index contributed by atoms with van der Waals surface area (Å²) >= 11 is 0. The topological polar surface area (TPSA) is 60.7 Å². The minimum Gasteiger partial charge on any atom is -0.289 e. The van der Waals surface area contributed by atoms with E-state index in [-0.39, 0.29) is 11.6 Å². The third kappa shape index (κ3) is 2.42. The molecular weight excluding hydrogens is 264 g/mol. The Morgan fingerprint density at radius 1 is 1.19 bits per heavy atom. The van der Waals surface area contributed by atoms with Gasteiger partial charge < -0.3 is 0 Å². The first kappa shape index (κ1) is 13.4. The molecule has 0 spiro atoms. The molecular formula is C16H16N4O. The third-order valence-corrected chi connectivity index (χ3v) is 3.53. The average molecular weight is 280 g/mol. The highest BCUT2D eigenvalue weighted by atomic mass is 16.1. The minimum absolute atomic E-state index is 0.0803. The monoisotopic (exact) mass is 280 g/mol. The molecule has 5 heteroatoms. The first-order valence-electron chi connectivity index (χ1n) is 6.96. The fourth-order valence-corrected chi connectivity index (χ4v) is 2.50. The molecule has 21 heavy (non-hydrogen) atoms. The maximum atomic E-state index is 12.6. The lowest BCUT2D eigenvalue weighted by molar-refractivity contribution is 0.530. The quantitative estimate of drug-likeness (QED) is 0.739. The molecule has 0 N–H and O–H groups in total. The van der Waals surface area contributed by atoms with E-state index in [1.807, 2.05) is 32.0 Å². The van der Waals surface area contributed by atoms with Crippen molar-refractivity contribution in [2.75, 3.05) is 0 Å². The molecule has 1 atom stereocenters. The van der Waals surface area contributed by atoms with Crippen molar-refractivity contribution in [1.29, 1.82) is 0 Å². The van der Waals surface area contributed by atoms with Gasteiger partial charge in [0.25, 0.3) is 5.56 Å². The number of rotatable bonds is 3. The van der Waals surface area contributed by atoms with Crippen LogP contribution in [-0.2, 0) is 0 Å². The Bertz CT molecular complexity index is 841. The molecule has 3 heterocycles. The van der Waals surface area contributed by atoms with Gasteiger partial charge in [-0.1, -0.05) is 13.0 Å². The van der Waals surface area contributed by atoms with Gasteiger partial charge in [0.05, 0.1) is 17.1 Å². The minimum atomic E-state index is -0.116. The first-order chi connectivity index (χ1) is 10.2. The predicted molar refractivity (Wildman–Crippen MR) is 81.2 cm³/mol. The standard InChI is InChI=1S/C16H16N4O/c1-3-14(13-8-4-6-11(2)19-13)20-10-18-15-12(16(20)21)7-5-9-17-15/h4-10,14H,3H2,1-2H3. The number of pyridine rings is 2. The molecule has 3 aromatic rings. The lowest BCUT2D eigenvalue weighted by atomic mass is 10.1. The first-order valence-corrected chi connectivity index (χ1v) is 6.96. The number of hydrogen-bond donors (Lipinski definition) is 0. The normalized spacial score (nSPS) is 12.5. The van der Waals surface area contributed by atoms with Gasteiger partial charge in [-0.15, -0.1) is 0 Å². The van der Waals surface area contributed by atoms with Gasteiger partial charge in [0.15, 0.2) is 5.65 Å². The maximum Gasteiger partial charge on any atom is 0.263 e. The van der Waals surface area contributed by atoms with Crippen LogP contribution in [0.4, 0.5) is 0 Å². The fourth-order valence-electron chi connectivity index (χ4n) is 2.50. The van der Waals surface area contributed by atoms with Crippen LogP contribution in [0, 0.1) is 6.92 Å². The summed E-state index contributed by atoms with van der Waals surface area (Å²) in [5, 5.41) is 0.533. The van der Waals surface area contributed by atoms with E-state index in [1.54, 1.807) is 29.2 Å². The lowest BCUT2D eigenvalue weighted by Crippen LogP contribution is -2.26. The number of aromatic nitrogens is 4. The molecule has 3 rings (SSSR count). The van der Waals surface area contributed by atoms with Gasteiger partial charge in [-0.2, -0.15) is 0 Å². The van der Waals surface area contributed by atoms with Crippen molar-refractivity contribution < 1.29 is 0 Å². The van der Waals surface area contributed by atoms with Crippen LogP contribution in [0.5, 0.6) is 0 Å². The Balaban J connectivity index is 2.18. The molecule has 106 valence electrons. The Hall–Kier alpha value is -2.56. The third-order valence-electron chi connectivity index (χ3n) is 3.53. The maximum absolute atomic E-state index is 12.6. The highest BCUT2D eigenvalue weighted by Crippen LogP contribution is 2.19.